The van der Waals surface area contributed by atoms with Gasteiger partial charge in [0.15, 0.2) is 0 Å². The maximum Gasteiger partial charge on any atom is 0.126 e. The standard InChI is InChI=1S/C18H30FN/c1-4-5-6-7-8-9-10-13-20-16(3)17-12-11-15(2)18(19)14-17/h11-12,14,16,20H,4-10,13H2,1-3H3. The van der Waals surface area contributed by atoms with Crippen molar-refractivity contribution in [1.29, 1.82) is 0 Å². The van der Waals surface area contributed by atoms with Crippen molar-refractivity contribution in [3.05, 3.63) is 35.1 Å². The van der Waals surface area contributed by atoms with Crippen molar-refractivity contribution in [3.63, 3.8) is 0 Å². The molecule has 1 aromatic carbocycles. The first-order valence-electron chi connectivity index (χ1n) is 8.14. The van der Waals surface area contributed by atoms with Gasteiger partial charge < -0.3 is 5.32 Å². The fourth-order valence-electron chi connectivity index (χ4n) is 2.40. The van der Waals surface area contributed by atoms with E-state index in [0.29, 0.717) is 5.56 Å². The van der Waals surface area contributed by atoms with E-state index in [9.17, 15) is 4.39 Å². The Morgan fingerprint density at radius 1 is 1.05 bits per heavy atom. The van der Waals surface area contributed by atoms with E-state index in [1.165, 1.54) is 44.9 Å². The lowest BCUT2D eigenvalue weighted by molar-refractivity contribution is 0.521. The molecule has 1 aromatic rings. The summed E-state index contributed by atoms with van der Waals surface area (Å²) in [6.45, 7) is 7.17. The number of hydrogen-bond donors (Lipinski definition) is 1. The Hall–Kier alpha value is -0.890. The summed E-state index contributed by atoms with van der Waals surface area (Å²) in [6.07, 6.45) is 9.28. The number of nitrogens with one attached hydrogen (secondary N) is 1. The van der Waals surface area contributed by atoms with Crippen molar-refractivity contribution >= 4 is 0 Å². The largest absolute Gasteiger partial charge is 0.310 e. The first-order valence-corrected chi connectivity index (χ1v) is 8.14. The van der Waals surface area contributed by atoms with Crippen molar-refractivity contribution in [1.82, 2.24) is 5.32 Å². The van der Waals surface area contributed by atoms with Gasteiger partial charge in [0.1, 0.15) is 5.82 Å². The van der Waals surface area contributed by atoms with E-state index < -0.39 is 0 Å². The lowest BCUT2D eigenvalue weighted by atomic mass is 10.1. The van der Waals surface area contributed by atoms with Crippen LogP contribution in [-0.4, -0.2) is 6.54 Å². The Kier molecular flexibility index (Phi) is 8.52. The molecule has 1 unspecified atom stereocenters. The molecule has 0 aliphatic rings. The predicted octanol–water partition coefficient (Wildman–Crippen LogP) is 5.54. The van der Waals surface area contributed by atoms with Gasteiger partial charge in [0.25, 0.3) is 0 Å². The number of rotatable bonds is 10. The molecule has 0 heterocycles. The lowest BCUT2D eigenvalue weighted by Crippen LogP contribution is -2.20. The molecule has 1 rings (SSSR count). The minimum Gasteiger partial charge on any atom is -0.310 e. The van der Waals surface area contributed by atoms with Crippen LogP contribution in [-0.2, 0) is 0 Å². The molecule has 20 heavy (non-hydrogen) atoms. The van der Waals surface area contributed by atoms with E-state index in [4.69, 9.17) is 0 Å². The van der Waals surface area contributed by atoms with Crippen LogP contribution in [0.4, 0.5) is 4.39 Å². The smallest absolute Gasteiger partial charge is 0.126 e. The molecule has 0 fully saturated rings. The molecule has 2 heteroatoms. The number of aryl methyl sites for hydroxylation is 1. The molecule has 0 bridgehead atoms. The molecule has 0 spiro atoms. The highest BCUT2D eigenvalue weighted by atomic mass is 19.1. The fraction of sp³-hybridized carbons (Fsp3) is 0.667. The minimum absolute atomic E-state index is 0.105. The summed E-state index contributed by atoms with van der Waals surface area (Å²) in [5, 5.41) is 3.48. The maximum absolute atomic E-state index is 13.5. The zero-order valence-corrected chi connectivity index (χ0v) is 13.3. The zero-order chi connectivity index (χ0) is 14.8. The van der Waals surface area contributed by atoms with Gasteiger partial charge in [0.2, 0.25) is 0 Å². The highest BCUT2D eigenvalue weighted by molar-refractivity contribution is 5.25. The molecule has 0 amide bonds. The van der Waals surface area contributed by atoms with Crippen molar-refractivity contribution in [2.24, 2.45) is 0 Å². The quantitative estimate of drug-likeness (QED) is 0.555. The van der Waals surface area contributed by atoms with Crippen LogP contribution in [0.2, 0.25) is 0 Å². The number of benzene rings is 1. The molecule has 0 aliphatic carbocycles. The Morgan fingerprint density at radius 2 is 1.70 bits per heavy atom. The van der Waals surface area contributed by atoms with Crippen molar-refractivity contribution in [2.45, 2.75) is 71.8 Å². The van der Waals surface area contributed by atoms with E-state index in [0.717, 1.165) is 12.1 Å². The summed E-state index contributed by atoms with van der Waals surface area (Å²) < 4.78 is 13.5. The summed E-state index contributed by atoms with van der Waals surface area (Å²) in [5.41, 5.74) is 1.75. The fourth-order valence-corrected chi connectivity index (χ4v) is 2.40. The van der Waals surface area contributed by atoms with Crippen LogP contribution < -0.4 is 5.32 Å². The number of halogens is 1. The van der Waals surface area contributed by atoms with Gasteiger partial charge >= 0.3 is 0 Å². The second-order valence-electron chi connectivity index (χ2n) is 5.81. The molecule has 1 N–H and O–H groups in total. The molecule has 1 nitrogen and oxygen atoms in total. The van der Waals surface area contributed by atoms with Crippen molar-refractivity contribution in [2.75, 3.05) is 6.54 Å². The third-order valence-electron chi connectivity index (χ3n) is 3.93. The monoisotopic (exact) mass is 279 g/mol. The van der Waals surface area contributed by atoms with Gasteiger partial charge in [0.05, 0.1) is 0 Å². The average molecular weight is 279 g/mol. The molecule has 1 atom stereocenters. The van der Waals surface area contributed by atoms with E-state index >= 15 is 0 Å². The third kappa shape index (κ3) is 6.51. The van der Waals surface area contributed by atoms with Crippen LogP contribution >= 0.6 is 0 Å². The van der Waals surface area contributed by atoms with Crippen molar-refractivity contribution < 1.29 is 4.39 Å². The summed E-state index contributed by atoms with van der Waals surface area (Å²) in [4.78, 5) is 0. The predicted molar refractivity (Wildman–Crippen MR) is 85.5 cm³/mol. The molecular weight excluding hydrogens is 249 g/mol. The van der Waals surface area contributed by atoms with Crippen LogP contribution in [0.1, 0.15) is 76.0 Å². The Labute approximate surface area is 124 Å². The van der Waals surface area contributed by atoms with E-state index in [1.54, 1.807) is 13.0 Å². The van der Waals surface area contributed by atoms with Crippen LogP contribution in [0.3, 0.4) is 0 Å². The van der Waals surface area contributed by atoms with Gasteiger partial charge in [-0.25, -0.2) is 4.39 Å². The zero-order valence-electron chi connectivity index (χ0n) is 13.3. The summed E-state index contributed by atoms with van der Waals surface area (Å²) in [7, 11) is 0. The Balaban J connectivity index is 2.13. The van der Waals surface area contributed by atoms with Crippen LogP contribution in [0.25, 0.3) is 0 Å². The molecule has 0 aliphatic heterocycles. The van der Waals surface area contributed by atoms with Crippen LogP contribution in [0, 0.1) is 12.7 Å². The van der Waals surface area contributed by atoms with Crippen molar-refractivity contribution in [3.8, 4) is 0 Å². The van der Waals surface area contributed by atoms with E-state index in [-0.39, 0.29) is 11.9 Å². The molecule has 0 saturated carbocycles. The van der Waals surface area contributed by atoms with Gasteiger partial charge in [0, 0.05) is 6.04 Å². The summed E-state index contributed by atoms with van der Waals surface area (Å²) >= 11 is 0. The van der Waals surface area contributed by atoms with Crippen LogP contribution in [0.5, 0.6) is 0 Å². The Bertz CT molecular complexity index is 376. The van der Waals surface area contributed by atoms with Gasteiger partial charge in [-0.2, -0.15) is 0 Å². The van der Waals surface area contributed by atoms with E-state index in [2.05, 4.69) is 19.2 Å². The molecular formula is C18H30FN. The van der Waals surface area contributed by atoms with Gasteiger partial charge in [-0.15, -0.1) is 0 Å². The van der Waals surface area contributed by atoms with Crippen LogP contribution in [0.15, 0.2) is 18.2 Å². The Morgan fingerprint density at radius 3 is 2.35 bits per heavy atom. The van der Waals surface area contributed by atoms with Gasteiger partial charge in [-0.3, -0.25) is 0 Å². The SMILES string of the molecule is CCCCCCCCCNC(C)c1ccc(C)c(F)c1. The maximum atomic E-state index is 13.5. The second-order valence-corrected chi connectivity index (χ2v) is 5.81. The molecule has 0 saturated heterocycles. The number of hydrogen-bond acceptors (Lipinski definition) is 1. The lowest BCUT2D eigenvalue weighted by Gasteiger charge is -2.14. The molecule has 0 aromatic heterocycles. The van der Waals surface area contributed by atoms with E-state index in [1.807, 2.05) is 12.1 Å². The third-order valence-corrected chi connectivity index (χ3v) is 3.93. The second kappa shape index (κ2) is 9.93. The van der Waals surface area contributed by atoms with Gasteiger partial charge in [-0.1, -0.05) is 57.6 Å². The van der Waals surface area contributed by atoms with Gasteiger partial charge in [-0.05, 0) is 44.0 Å². The topological polar surface area (TPSA) is 12.0 Å². The number of unbranched alkanes of at least 4 members (excludes halogenated alkanes) is 6. The molecule has 0 radical (unpaired) electrons. The average Bonchev–Trinajstić information content (AvgIpc) is 2.44. The minimum atomic E-state index is -0.105. The summed E-state index contributed by atoms with van der Waals surface area (Å²) in [5.74, 6) is -0.105. The normalized spacial score (nSPS) is 12.6. The summed E-state index contributed by atoms with van der Waals surface area (Å²) in [6, 6.07) is 5.75. The highest BCUT2D eigenvalue weighted by Gasteiger charge is 2.06. The first-order chi connectivity index (χ1) is 9.65. The first kappa shape index (κ1) is 17.2. The highest BCUT2D eigenvalue weighted by Crippen LogP contribution is 2.16. The molecule has 114 valence electrons.